The fraction of sp³-hybridized carbons (Fsp3) is 0.133. The Morgan fingerprint density at radius 1 is 1.10 bits per heavy atom. The summed E-state index contributed by atoms with van der Waals surface area (Å²) in [5, 5.41) is 7.22. The van der Waals surface area contributed by atoms with E-state index >= 15 is 0 Å². The normalized spacial score (nSPS) is 10.2. The number of rotatable bonds is 5. The number of amidine groups is 1. The van der Waals surface area contributed by atoms with Gasteiger partial charge < -0.3 is 15.2 Å². The van der Waals surface area contributed by atoms with Crippen molar-refractivity contribution in [1.82, 2.24) is 0 Å². The van der Waals surface area contributed by atoms with Gasteiger partial charge >= 0.3 is 0 Å². The number of benzene rings is 2. The Morgan fingerprint density at radius 3 is 2.33 bits per heavy atom. The van der Waals surface area contributed by atoms with E-state index in [-0.39, 0.29) is 29.5 Å². The molecule has 2 aromatic carbocycles. The molecule has 0 aromatic heterocycles. The fourth-order valence-corrected chi connectivity index (χ4v) is 1.75. The van der Waals surface area contributed by atoms with Crippen LogP contribution in [0.15, 0.2) is 36.4 Å². The first kappa shape index (κ1) is 14.8. The van der Waals surface area contributed by atoms with Crippen LogP contribution in [-0.2, 0) is 6.61 Å². The minimum absolute atomic E-state index is 0.0104. The lowest BCUT2D eigenvalue weighted by Crippen LogP contribution is -2.11. The monoisotopic (exact) mass is 292 g/mol. The van der Waals surface area contributed by atoms with Crippen LogP contribution >= 0.6 is 0 Å². The highest BCUT2D eigenvalue weighted by Crippen LogP contribution is 2.21. The predicted octanol–water partition coefficient (Wildman–Crippen LogP) is 2.84. The molecule has 0 aliphatic carbocycles. The predicted molar refractivity (Wildman–Crippen MR) is 74.7 cm³/mol. The van der Waals surface area contributed by atoms with Gasteiger partial charge in [0.15, 0.2) is 23.1 Å². The molecule has 0 spiro atoms. The maximum Gasteiger partial charge on any atom is 0.165 e. The van der Waals surface area contributed by atoms with Crippen molar-refractivity contribution in [1.29, 1.82) is 5.41 Å². The van der Waals surface area contributed by atoms with Crippen molar-refractivity contribution in [3.63, 3.8) is 0 Å². The van der Waals surface area contributed by atoms with Gasteiger partial charge in [0.1, 0.15) is 12.4 Å². The zero-order chi connectivity index (χ0) is 15.4. The van der Waals surface area contributed by atoms with Gasteiger partial charge in [0.25, 0.3) is 0 Å². The summed E-state index contributed by atoms with van der Waals surface area (Å²) in [6, 6.07) is 8.35. The molecule has 6 heteroatoms. The summed E-state index contributed by atoms with van der Waals surface area (Å²) in [5.74, 6) is -1.22. The number of halogens is 2. The molecule has 0 radical (unpaired) electrons. The molecule has 0 amide bonds. The van der Waals surface area contributed by atoms with Crippen molar-refractivity contribution in [3.05, 3.63) is 59.2 Å². The van der Waals surface area contributed by atoms with Crippen molar-refractivity contribution in [3.8, 4) is 11.5 Å². The van der Waals surface area contributed by atoms with Crippen molar-refractivity contribution >= 4 is 5.84 Å². The summed E-state index contributed by atoms with van der Waals surface area (Å²) in [6.45, 7) is 0.0112. The van der Waals surface area contributed by atoms with Crippen molar-refractivity contribution in [2.45, 2.75) is 6.61 Å². The second kappa shape index (κ2) is 6.21. The highest BCUT2D eigenvalue weighted by Gasteiger charge is 2.08. The zero-order valence-corrected chi connectivity index (χ0v) is 11.3. The Kier molecular flexibility index (Phi) is 4.37. The molecule has 0 aliphatic heterocycles. The second-order valence-corrected chi connectivity index (χ2v) is 4.32. The second-order valence-electron chi connectivity index (χ2n) is 4.32. The molecule has 0 atom stereocenters. The fourth-order valence-electron chi connectivity index (χ4n) is 1.75. The van der Waals surface area contributed by atoms with Gasteiger partial charge in [-0.15, -0.1) is 0 Å². The van der Waals surface area contributed by atoms with Gasteiger partial charge in [-0.3, -0.25) is 5.41 Å². The first-order valence-corrected chi connectivity index (χ1v) is 6.10. The molecule has 0 heterocycles. The molecule has 2 aromatic rings. The lowest BCUT2D eigenvalue weighted by atomic mass is 10.2. The Bertz CT molecular complexity index is 675. The first-order chi connectivity index (χ1) is 10.0. The molecule has 0 saturated heterocycles. The smallest absolute Gasteiger partial charge is 0.165 e. The van der Waals surface area contributed by atoms with Gasteiger partial charge in [-0.05, 0) is 35.9 Å². The van der Waals surface area contributed by atoms with Gasteiger partial charge in [-0.25, -0.2) is 8.78 Å². The molecule has 4 nitrogen and oxygen atoms in total. The number of methoxy groups -OCH3 is 1. The summed E-state index contributed by atoms with van der Waals surface area (Å²) in [4.78, 5) is 0. The third kappa shape index (κ3) is 3.47. The summed E-state index contributed by atoms with van der Waals surface area (Å²) in [7, 11) is 1.38. The van der Waals surface area contributed by atoms with E-state index in [4.69, 9.17) is 20.6 Å². The molecule has 3 N–H and O–H groups in total. The van der Waals surface area contributed by atoms with Crippen molar-refractivity contribution in [2.24, 2.45) is 5.73 Å². The largest absolute Gasteiger partial charge is 0.494 e. The van der Waals surface area contributed by atoms with E-state index in [9.17, 15) is 8.78 Å². The summed E-state index contributed by atoms with van der Waals surface area (Å²) < 4.78 is 37.3. The molecule has 0 aliphatic rings. The number of hydrogen-bond acceptors (Lipinski definition) is 3. The SMILES string of the molecule is COc1ccc(COc2ccc(C(=N)N)cc2F)cc1F. The number of nitrogens with two attached hydrogens (primary N) is 1. The Labute approximate surface area is 120 Å². The van der Waals surface area contributed by atoms with E-state index < -0.39 is 11.6 Å². The van der Waals surface area contributed by atoms with Crippen molar-refractivity contribution < 1.29 is 18.3 Å². The lowest BCUT2D eigenvalue weighted by molar-refractivity contribution is 0.289. The summed E-state index contributed by atoms with van der Waals surface area (Å²) >= 11 is 0. The minimum atomic E-state index is -0.628. The van der Waals surface area contributed by atoms with E-state index in [1.165, 1.54) is 31.4 Å². The molecule has 0 fully saturated rings. The third-order valence-electron chi connectivity index (χ3n) is 2.85. The van der Waals surface area contributed by atoms with Gasteiger partial charge in [0.2, 0.25) is 0 Å². The van der Waals surface area contributed by atoms with E-state index in [1.807, 2.05) is 0 Å². The number of nitrogen functional groups attached to an aromatic ring is 1. The van der Waals surface area contributed by atoms with Crippen molar-refractivity contribution in [2.75, 3.05) is 7.11 Å². The Morgan fingerprint density at radius 2 is 1.76 bits per heavy atom. The van der Waals surface area contributed by atoms with Crippen LogP contribution in [0.4, 0.5) is 8.78 Å². The molecular formula is C15H14F2N2O2. The standard InChI is InChI=1S/C15H14F2N2O2/c1-20-13-4-2-9(6-11(13)16)8-21-14-5-3-10(15(18)19)7-12(14)17/h2-7H,8H2,1H3,(H3,18,19). The summed E-state index contributed by atoms with van der Waals surface area (Å²) in [5.41, 5.74) is 6.08. The first-order valence-electron chi connectivity index (χ1n) is 6.10. The molecule has 21 heavy (non-hydrogen) atoms. The lowest BCUT2D eigenvalue weighted by Gasteiger charge is -2.09. The number of hydrogen-bond donors (Lipinski definition) is 2. The van der Waals surface area contributed by atoms with Crippen LogP contribution in [0.3, 0.4) is 0 Å². The van der Waals surface area contributed by atoms with Crippen LogP contribution < -0.4 is 15.2 Å². The number of nitrogens with one attached hydrogen (secondary N) is 1. The number of ether oxygens (including phenoxy) is 2. The third-order valence-corrected chi connectivity index (χ3v) is 2.85. The van der Waals surface area contributed by atoms with E-state index in [2.05, 4.69) is 0 Å². The Balaban J connectivity index is 2.09. The topological polar surface area (TPSA) is 68.3 Å². The molecule has 0 unspecified atom stereocenters. The van der Waals surface area contributed by atoms with E-state index in [0.29, 0.717) is 5.56 Å². The molecule has 0 bridgehead atoms. The summed E-state index contributed by atoms with van der Waals surface area (Å²) in [6.07, 6.45) is 0. The van der Waals surface area contributed by atoms with Crippen LogP contribution in [0, 0.1) is 17.0 Å². The van der Waals surface area contributed by atoms with E-state index in [1.54, 1.807) is 6.07 Å². The Hall–Kier alpha value is -2.63. The van der Waals surface area contributed by atoms with Crippen LogP contribution in [0.25, 0.3) is 0 Å². The minimum Gasteiger partial charge on any atom is -0.494 e. The average Bonchev–Trinajstić information content (AvgIpc) is 2.46. The van der Waals surface area contributed by atoms with Gasteiger partial charge in [-0.1, -0.05) is 6.07 Å². The van der Waals surface area contributed by atoms with Crippen LogP contribution in [0.1, 0.15) is 11.1 Å². The quantitative estimate of drug-likeness (QED) is 0.657. The maximum atomic E-state index is 13.7. The maximum absolute atomic E-state index is 13.7. The van der Waals surface area contributed by atoms with E-state index in [0.717, 1.165) is 6.07 Å². The highest BCUT2D eigenvalue weighted by molar-refractivity contribution is 5.95. The molecule has 2 rings (SSSR count). The molecule has 0 saturated carbocycles. The molecule has 110 valence electrons. The van der Waals surface area contributed by atoms with Gasteiger partial charge in [0.05, 0.1) is 7.11 Å². The molecular weight excluding hydrogens is 278 g/mol. The van der Waals surface area contributed by atoms with Gasteiger partial charge in [0, 0.05) is 5.56 Å². The zero-order valence-electron chi connectivity index (χ0n) is 11.3. The average molecular weight is 292 g/mol. The van der Waals surface area contributed by atoms with Crippen LogP contribution in [0.2, 0.25) is 0 Å². The highest BCUT2D eigenvalue weighted by atomic mass is 19.1. The van der Waals surface area contributed by atoms with Gasteiger partial charge in [-0.2, -0.15) is 0 Å². The van der Waals surface area contributed by atoms with Crippen LogP contribution in [-0.4, -0.2) is 12.9 Å². The van der Waals surface area contributed by atoms with Crippen LogP contribution in [0.5, 0.6) is 11.5 Å².